The molecule has 2 rings (SSSR count). The molecule has 2 aromatic rings. The number of ether oxygens (including phenoxy) is 2. The summed E-state index contributed by atoms with van der Waals surface area (Å²) >= 11 is 15.5. The topological polar surface area (TPSA) is 35.5 Å². The summed E-state index contributed by atoms with van der Waals surface area (Å²) in [6, 6.07) is 6.95. The molecule has 0 spiro atoms. The fourth-order valence-electron chi connectivity index (χ4n) is 2.10. The molecular formula is C17H15BrCl2O3. The van der Waals surface area contributed by atoms with Gasteiger partial charge in [-0.25, -0.2) is 4.79 Å². The van der Waals surface area contributed by atoms with Crippen molar-refractivity contribution < 1.29 is 14.3 Å². The average molecular weight is 418 g/mol. The molecule has 3 nitrogen and oxygen atoms in total. The third kappa shape index (κ3) is 4.63. The summed E-state index contributed by atoms with van der Waals surface area (Å²) in [7, 11) is 0. The number of carbonyl (C=O) groups excluding carboxylic acids is 1. The number of hydrogen-bond acceptors (Lipinski definition) is 3. The fraction of sp³-hybridized carbons (Fsp3) is 0.235. The predicted octanol–water partition coefficient (Wildman–Crippen LogP) is 5.67. The largest absolute Gasteiger partial charge is 0.481 e. The lowest BCUT2D eigenvalue weighted by molar-refractivity contribution is -0.136. The molecule has 0 atom stereocenters. The Bertz CT molecular complexity index is 713. The van der Waals surface area contributed by atoms with Crippen molar-refractivity contribution in [3.05, 3.63) is 55.5 Å². The summed E-state index contributed by atoms with van der Waals surface area (Å²) in [4.78, 5) is 11.9. The molecule has 0 fully saturated rings. The van der Waals surface area contributed by atoms with Crippen LogP contribution >= 0.6 is 39.1 Å². The van der Waals surface area contributed by atoms with E-state index in [4.69, 9.17) is 32.7 Å². The molecule has 0 radical (unpaired) electrons. The van der Waals surface area contributed by atoms with Crippen LogP contribution in [0.5, 0.6) is 11.5 Å². The van der Waals surface area contributed by atoms with E-state index in [-0.39, 0.29) is 6.61 Å². The van der Waals surface area contributed by atoms with Crippen LogP contribution in [0.1, 0.15) is 16.7 Å². The third-order valence-electron chi connectivity index (χ3n) is 3.25. The van der Waals surface area contributed by atoms with Crippen LogP contribution < -0.4 is 9.47 Å². The minimum Gasteiger partial charge on any atom is -0.481 e. The van der Waals surface area contributed by atoms with Crippen LogP contribution in [0.15, 0.2) is 28.7 Å². The van der Waals surface area contributed by atoms with Gasteiger partial charge in [-0.3, -0.25) is 0 Å². The number of halogens is 3. The van der Waals surface area contributed by atoms with E-state index in [0.717, 1.165) is 21.2 Å². The van der Waals surface area contributed by atoms with E-state index in [2.05, 4.69) is 15.9 Å². The second-order valence-electron chi connectivity index (χ2n) is 5.14. The smallest absolute Gasteiger partial charge is 0.349 e. The Kier molecular flexibility index (Phi) is 5.95. The average Bonchev–Trinajstić information content (AvgIpc) is 2.43. The van der Waals surface area contributed by atoms with Gasteiger partial charge in [-0.1, -0.05) is 39.1 Å². The van der Waals surface area contributed by atoms with Crippen molar-refractivity contribution in [1.82, 2.24) is 0 Å². The van der Waals surface area contributed by atoms with Crippen molar-refractivity contribution in [3.8, 4) is 11.5 Å². The third-order valence-corrected chi connectivity index (χ3v) is 4.49. The Morgan fingerprint density at radius 2 is 1.57 bits per heavy atom. The molecule has 0 heterocycles. The summed E-state index contributed by atoms with van der Waals surface area (Å²) in [5.41, 5.74) is 2.61. The van der Waals surface area contributed by atoms with E-state index >= 15 is 0 Å². The van der Waals surface area contributed by atoms with Crippen molar-refractivity contribution in [3.63, 3.8) is 0 Å². The van der Waals surface area contributed by atoms with Gasteiger partial charge in [0.15, 0.2) is 6.61 Å². The van der Waals surface area contributed by atoms with Crippen molar-refractivity contribution in [2.45, 2.75) is 20.8 Å². The van der Waals surface area contributed by atoms with Gasteiger partial charge in [0, 0.05) is 14.5 Å². The first kappa shape index (κ1) is 18.1. The molecule has 0 aliphatic carbocycles. The molecule has 0 saturated heterocycles. The second-order valence-corrected chi connectivity index (χ2v) is 6.87. The van der Waals surface area contributed by atoms with E-state index in [0.29, 0.717) is 21.5 Å². The molecule has 23 heavy (non-hydrogen) atoms. The van der Waals surface area contributed by atoms with Crippen LogP contribution in [0.4, 0.5) is 0 Å². The molecule has 0 unspecified atom stereocenters. The zero-order valence-electron chi connectivity index (χ0n) is 12.9. The highest BCUT2D eigenvalue weighted by Crippen LogP contribution is 2.30. The van der Waals surface area contributed by atoms with E-state index in [9.17, 15) is 4.79 Å². The lowest BCUT2D eigenvalue weighted by atomic mass is 10.1. The first-order valence-corrected chi connectivity index (χ1v) is 8.38. The molecule has 2 aromatic carbocycles. The summed E-state index contributed by atoms with van der Waals surface area (Å²) in [6.07, 6.45) is 0. The van der Waals surface area contributed by atoms with Crippen molar-refractivity contribution >= 4 is 45.1 Å². The standard InChI is InChI=1S/C17H15BrCl2O3/c1-9-4-12(18)5-10(2)17(9)22-8-16(21)23-13-6-14(19)11(3)15(20)7-13/h4-7H,8H2,1-3H3. The highest BCUT2D eigenvalue weighted by Gasteiger charge is 2.12. The first-order valence-electron chi connectivity index (χ1n) is 6.84. The second kappa shape index (κ2) is 7.56. The maximum absolute atomic E-state index is 11.9. The van der Waals surface area contributed by atoms with Crippen molar-refractivity contribution in [2.24, 2.45) is 0 Å². The van der Waals surface area contributed by atoms with Crippen LogP contribution in [-0.2, 0) is 4.79 Å². The van der Waals surface area contributed by atoms with Gasteiger partial charge < -0.3 is 9.47 Å². The molecule has 0 aromatic heterocycles. The molecule has 0 saturated carbocycles. The molecule has 0 amide bonds. The van der Waals surface area contributed by atoms with Crippen LogP contribution in [0, 0.1) is 20.8 Å². The van der Waals surface area contributed by atoms with E-state index in [1.165, 1.54) is 0 Å². The van der Waals surface area contributed by atoms with Crippen LogP contribution in [-0.4, -0.2) is 12.6 Å². The maximum atomic E-state index is 11.9. The number of aryl methyl sites for hydroxylation is 2. The quantitative estimate of drug-likeness (QED) is 0.475. The monoisotopic (exact) mass is 416 g/mol. The molecule has 0 aliphatic rings. The maximum Gasteiger partial charge on any atom is 0.349 e. The van der Waals surface area contributed by atoms with Gasteiger partial charge in [0.2, 0.25) is 0 Å². The predicted molar refractivity (Wildman–Crippen MR) is 95.9 cm³/mol. The summed E-state index contributed by atoms with van der Waals surface area (Å²) < 4.78 is 11.8. The Hall–Kier alpha value is -1.23. The highest BCUT2D eigenvalue weighted by molar-refractivity contribution is 9.10. The SMILES string of the molecule is Cc1cc(Br)cc(C)c1OCC(=O)Oc1cc(Cl)c(C)c(Cl)c1. The normalized spacial score (nSPS) is 10.5. The van der Waals surface area contributed by atoms with Gasteiger partial charge in [0.05, 0.1) is 0 Å². The van der Waals surface area contributed by atoms with Crippen LogP contribution in [0.2, 0.25) is 10.0 Å². The van der Waals surface area contributed by atoms with Gasteiger partial charge in [-0.15, -0.1) is 0 Å². The Morgan fingerprint density at radius 3 is 2.09 bits per heavy atom. The summed E-state index contributed by atoms with van der Waals surface area (Å²) in [5.74, 6) is 0.441. The van der Waals surface area contributed by atoms with E-state index in [1.807, 2.05) is 26.0 Å². The molecule has 6 heteroatoms. The summed E-state index contributed by atoms with van der Waals surface area (Å²) in [5, 5.41) is 0.890. The van der Waals surface area contributed by atoms with E-state index in [1.54, 1.807) is 19.1 Å². The molecule has 122 valence electrons. The molecular weight excluding hydrogens is 403 g/mol. The Morgan fingerprint density at radius 1 is 1.04 bits per heavy atom. The zero-order chi connectivity index (χ0) is 17.1. The van der Waals surface area contributed by atoms with Gasteiger partial charge in [0.1, 0.15) is 11.5 Å². The number of rotatable bonds is 4. The summed E-state index contributed by atoms with van der Waals surface area (Å²) in [6.45, 7) is 5.42. The number of hydrogen-bond donors (Lipinski definition) is 0. The number of benzene rings is 2. The van der Waals surface area contributed by atoms with Crippen LogP contribution in [0.25, 0.3) is 0 Å². The lowest BCUT2D eigenvalue weighted by Crippen LogP contribution is -2.18. The number of carbonyl (C=O) groups is 1. The minimum absolute atomic E-state index is 0.202. The van der Waals surface area contributed by atoms with Gasteiger partial charge in [-0.2, -0.15) is 0 Å². The van der Waals surface area contributed by atoms with Gasteiger partial charge >= 0.3 is 5.97 Å². The number of esters is 1. The zero-order valence-corrected chi connectivity index (χ0v) is 16.0. The minimum atomic E-state index is -0.525. The van der Waals surface area contributed by atoms with Gasteiger partial charge in [0.25, 0.3) is 0 Å². The highest BCUT2D eigenvalue weighted by atomic mass is 79.9. The van der Waals surface area contributed by atoms with Crippen molar-refractivity contribution in [1.29, 1.82) is 0 Å². The molecule has 0 aliphatic heterocycles. The van der Waals surface area contributed by atoms with E-state index < -0.39 is 5.97 Å². The van der Waals surface area contributed by atoms with Gasteiger partial charge in [-0.05, 0) is 61.7 Å². The van der Waals surface area contributed by atoms with Crippen LogP contribution in [0.3, 0.4) is 0 Å². The molecule has 0 N–H and O–H groups in total. The molecule has 0 bridgehead atoms. The Balaban J connectivity index is 2.04. The van der Waals surface area contributed by atoms with Crippen molar-refractivity contribution in [2.75, 3.05) is 6.61 Å². The first-order chi connectivity index (χ1) is 10.8. The fourth-order valence-corrected chi connectivity index (χ4v) is 3.25. The lowest BCUT2D eigenvalue weighted by Gasteiger charge is -2.12. The Labute approximate surface area is 153 Å².